The predicted octanol–water partition coefficient (Wildman–Crippen LogP) is 2.41. The molecule has 3 heteroatoms. The van der Waals surface area contributed by atoms with E-state index in [0.29, 0.717) is 6.54 Å². The van der Waals surface area contributed by atoms with Crippen LogP contribution in [0.4, 0.5) is 8.78 Å². The second-order valence-corrected chi connectivity index (χ2v) is 2.95. The highest BCUT2D eigenvalue weighted by Gasteiger charge is 2.05. The molecule has 0 fully saturated rings. The van der Waals surface area contributed by atoms with E-state index < -0.39 is 11.6 Å². The molecule has 0 heterocycles. The fourth-order valence-corrected chi connectivity index (χ4v) is 1.14. The first-order chi connectivity index (χ1) is 6.75. The van der Waals surface area contributed by atoms with Gasteiger partial charge in [0.1, 0.15) is 11.6 Å². The van der Waals surface area contributed by atoms with Gasteiger partial charge in [-0.15, -0.1) is 0 Å². The van der Waals surface area contributed by atoms with E-state index in [4.69, 9.17) is 5.73 Å². The van der Waals surface area contributed by atoms with E-state index >= 15 is 0 Å². The minimum absolute atomic E-state index is 0.112. The Balaban J connectivity index is 2.66. The van der Waals surface area contributed by atoms with Crippen LogP contribution in [0.5, 0.6) is 0 Å². The van der Waals surface area contributed by atoms with Crippen LogP contribution in [-0.4, -0.2) is 6.54 Å². The van der Waals surface area contributed by atoms with E-state index in [1.54, 1.807) is 6.08 Å². The third kappa shape index (κ3) is 2.92. The highest BCUT2D eigenvalue weighted by atomic mass is 19.1. The molecule has 0 unspecified atom stereocenters. The van der Waals surface area contributed by atoms with Crippen molar-refractivity contribution >= 4 is 0 Å². The van der Waals surface area contributed by atoms with Crippen molar-refractivity contribution in [3.8, 4) is 0 Å². The van der Waals surface area contributed by atoms with Crippen LogP contribution in [0.25, 0.3) is 0 Å². The van der Waals surface area contributed by atoms with E-state index in [-0.39, 0.29) is 12.0 Å². The number of hydrogen-bond donors (Lipinski definition) is 1. The SMILES string of the molecule is NCC/C=C/Cc1c(F)cccc1F. The molecule has 0 bridgehead atoms. The Bertz CT molecular complexity index is 301. The summed E-state index contributed by atoms with van der Waals surface area (Å²) in [6, 6.07) is 3.88. The Kier molecular flexibility index (Phi) is 4.26. The van der Waals surface area contributed by atoms with Gasteiger partial charge in [-0.2, -0.15) is 0 Å². The number of benzene rings is 1. The Morgan fingerprint density at radius 1 is 1.14 bits per heavy atom. The summed E-state index contributed by atoms with van der Waals surface area (Å²) >= 11 is 0. The molecule has 14 heavy (non-hydrogen) atoms. The minimum Gasteiger partial charge on any atom is -0.330 e. The topological polar surface area (TPSA) is 26.0 Å². The molecule has 1 aromatic carbocycles. The first-order valence-electron chi connectivity index (χ1n) is 4.53. The predicted molar refractivity (Wildman–Crippen MR) is 52.9 cm³/mol. The van der Waals surface area contributed by atoms with Gasteiger partial charge in [-0.25, -0.2) is 8.78 Å². The van der Waals surface area contributed by atoms with Crippen molar-refractivity contribution in [3.63, 3.8) is 0 Å². The summed E-state index contributed by atoms with van der Waals surface area (Å²) in [6.07, 6.45) is 4.56. The first kappa shape index (κ1) is 10.9. The van der Waals surface area contributed by atoms with Crippen LogP contribution in [-0.2, 0) is 6.42 Å². The Morgan fingerprint density at radius 3 is 2.36 bits per heavy atom. The number of nitrogens with two attached hydrogens (primary N) is 1. The average Bonchev–Trinajstić information content (AvgIpc) is 2.16. The molecular formula is C11H13F2N. The van der Waals surface area contributed by atoms with Gasteiger partial charge in [0.2, 0.25) is 0 Å². The van der Waals surface area contributed by atoms with E-state index in [9.17, 15) is 8.78 Å². The summed E-state index contributed by atoms with van der Waals surface area (Å²) in [5, 5.41) is 0. The average molecular weight is 197 g/mol. The maximum Gasteiger partial charge on any atom is 0.129 e. The number of rotatable bonds is 4. The molecule has 0 saturated carbocycles. The van der Waals surface area contributed by atoms with Gasteiger partial charge in [-0.05, 0) is 31.5 Å². The lowest BCUT2D eigenvalue weighted by molar-refractivity contribution is 0.562. The van der Waals surface area contributed by atoms with Gasteiger partial charge >= 0.3 is 0 Å². The fraction of sp³-hybridized carbons (Fsp3) is 0.273. The number of hydrogen-bond acceptors (Lipinski definition) is 1. The Morgan fingerprint density at radius 2 is 1.79 bits per heavy atom. The van der Waals surface area contributed by atoms with Gasteiger partial charge in [-0.3, -0.25) is 0 Å². The summed E-state index contributed by atoms with van der Waals surface area (Å²) in [7, 11) is 0. The molecule has 1 nitrogen and oxygen atoms in total. The molecule has 0 aliphatic rings. The van der Waals surface area contributed by atoms with Crippen LogP contribution >= 0.6 is 0 Å². The van der Waals surface area contributed by atoms with Crippen molar-refractivity contribution < 1.29 is 8.78 Å². The Labute approximate surface area is 82.2 Å². The van der Waals surface area contributed by atoms with Gasteiger partial charge < -0.3 is 5.73 Å². The van der Waals surface area contributed by atoms with Crippen molar-refractivity contribution in [2.24, 2.45) is 5.73 Å². The monoisotopic (exact) mass is 197 g/mol. The highest BCUT2D eigenvalue weighted by Crippen LogP contribution is 2.12. The van der Waals surface area contributed by atoms with E-state index in [2.05, 4.69) is 0 Å². The smallest absolute Gasteiger partial charge is 0.129 e. The maximum atomic E-state index is 13.1. The van der Waals surface area contributed by atoms with Crippen molar-refractivity contribution in [1.29, 1.82) is 0 Å². The molecule has 0 aliphatic carbocycles. The Hall–Kier alpha value is -1.22. The third-order valence-corrected chi connectivity index (χ3v) is 1.88. The molecule has 0 saturated heterocycles. The van der Waals surface area contributed by atoms with Crippen LogP contribution in [0.2, 0.25) is 0 Å². The lowest BCUT2D eigenvalue weighted by Gasteiger charge is -2.00. The second kappa shape index (κ2) is 5.50. The van der Waals surface area contributed by atoms with Crippen molar-refractivity contribution in [1.82, 2.24) is 0 Å². The quantitative estimate of drug-likeness (QED) is 0.737. The van der Waals surface area contributed by atoms with Gasteiger partial charge in [0.25, 0.3) is 0 Å². The molecular weight excluding hydrogens is 184 g/mol. The summed E-state index contributed by atoms with van der Waals surface area (Å²) in [5.74, 6) is -0.996. The molecule has 0 spiro atoms. The van der Waals surface area contributed by atoms with Crippen molar-refractivity contribution in [2.45, 2.75) is 12.8 Å². The molecule has 0 aliphatic heterocycles. The zero-order chi connectivity index (χ0) is 10.4. The van der Waals surface area contributed by atoms with Gasteiger partial charge in [0.05, 0.1) is 0 Å². The molecule has 2 N–H and O–H groups in total. The number of halogens is 2. The maximum absolute atomic E-state index is 13.1. The highest BCUT2D eigenvalue weighted by molar-refractivity contribution is 5.21. The van der Waals surface area contributed by atoms with Gasteiger partial charge in [0, 0.05) is 5.56 Å². The zero-order valence-corrected chi connectivity index (χ0v) is 7.84. The lowest BCUT2D eigenvalue weighted by Crippen LogP contribution is -1.96. The normalized spacial score (nSPS) is 11.1. The molecule has 76 valence electrons. The fourth-order valence-electron chi connectivity index (χ4n) is 1.14. The van der Waals surface area contributed by atoms with Gasteiger partial charge in [0.15, 0.2) is 0 Å². The third-order valence-electron chi connectivity index (χ3n) is 1.88. The second-order valence-electron chi connectivity index (χ2n) is 2.95. The van der Waals surface area contributed by atoms with Crippen LogP contribution < -0.4 is 5.73 Å². The molecule has 0 radical (unpaired) electrons. The summed E-state index contributed by atoms with van der Waals surface area (Å²) < 4.78 is 26.1. The van der Waals surface area contributed by atoms with Crippen LogP contribution in [0, 0.1) is 11.6 Å². The molecule has 0 aromatic heterocycles. The minimum atomic E-state index is -0.498. The number of allylic oxidation sites excluding steroid dienone is 1. The summed E-state index contributed by atoms with van der Waals surface area (Å²) in [5.41, 5.74) is 5.38. The van der Waals surface area contributed by atoms with Crippen molar-refractivity contribution in [3.05, 3.63) is 47.5 Å². The largest absolute Gasteiger partial charge is 0.330 e. The first-order valence-corrected chi connectivity index (χ1v) is 4.53. The summed E-state index contributed by atoms with van der Waals surface area (Å²) in [6.45, 7) is 0.552. The molecule has 1 aromatic rings. The molecule has 0 amide bonds. The standard InChI is InChI=1S/C11H13F2N/c12-10-6-4-7-11(13)9(10)5-2-1-3-8-14/h1-2,4,6-7H,3,5,8,14H2/b2-1+. The zero-order valence-electron chi connectivity index (χ0n) is 7.84. The van der Waals surface area contributed by atoms with Crippen LogP contribution in [0.15, 0.2) is 30.4 Å². The van der Waals surface area contributed by atoms with Gasteiger partial charge in [-0.1, -0.05) is 18.2 Å². The molecule has 1 rings (SSSR count). The van der Waals surface area contributed by atoms with Crippen LogP contribution in [0.3, 0.4) is 0 Å². The van der Waals surface area contributed by atoms with E-state index in [1.165, 1.54) is 18.2 Å². The molecule has 0 atom stereocenters. The lowest BCUT2D eigenvalue weighted by atomic mass is 10.1. The van der Waals surface area contributed by atoms with E-state index in [0.717, 1.165) is 6.42 Å². The van der Waals surface area contributed by atoms with Crippen LogP contribution in [0.1, 0.15) is 12.0 Å². The van der Waals surface area contributed by atoms with Crippen molar-refractivity contribution in [2.75, 3.05) is 6.54 Å². The summed E-state index contributed by atoms with van der Waals surface area (Å²) in [4.78, 5) is 0. The van der Waals surface area contributed by atoms with E-state index in [1.807, 2.05) is 6.08 Å².